The summed E-state index contributed by atoms with van der Waals surface area (Å²) in [5.41, 5.74) is 9.79. The molecule has 0 bridgehead atoms. The predicted octanol–water partition coefficient (Wildman–Crippen LogP) is 1.97. The number of rotatable bonds is 4. The van der Waals surface area contributed by atoms with Crippen LogP contribution in [0.5, 0.6) is 0 Å². The fourth-order valence-electron chi connectivity index (χ4n) is 5.28. The van der Waals surface area contributed by atoms with Crippen LogP contribution in [-0.2, 0) is 12.6 Å². The quantitative estimate of drug-likeness (QED) is 0.542. The third kappa shape index (κ3) is 2.24. The summed E-state index contributed by atoms with van der Waals surface area (Å²) in [4.78, 5) is 4.87. The molecule has 31 heavy (non-hydrogen) atoms. The highest BCUT2D eigenvalue weighted by molar-refractivity contribution is 5.83. The Labute approximate surface area is 177 Å². The van der Waals surface area contributed by atoms with E-state index in [9.17, 15) is 5.26 Å². The van der Waals surface area contributed by atoms with Gasteiger partial charge in [0.1, 0.15) is 5.69 Å². The van der Waals surface area contributed by atoms with Gasteiger partial charge in [0.2, 0.25) is 0 Å². The van der Waals surface area contributed by atoms with E-state index in [0.717, 1.165) is 23.2 Å². The molecule has 4 heterocycles. The van der Waals surface area contributed by atoms with Gasteiger partial charge >= 0.3 is 0 Å². The largest absolute Gasteiger partial charge is 0.382 e. The van der Waals surface area contributed by atoms with Crippen molar-refractivity contribution in [3.8, 4) is 34.7 Å². The molecule has 4 atom stereocenters. The smallest absolute Gasteiger partial charge is 0.155 e. The van der Waals surface area contributed by atoms with Gasteiger partial charge in [-0.25, -0.2) is 9.50 Å². The van der Waals surface area contributed by atoms with Crippen LogP contribution in [0.15, 0.2) is 37.1 Å². The van der Waals surface area contributed by atoms with Gasteiger partial charge in [-0.05, 0) is 18.4 Å². The van der Waals surface area contributed by atoms with Gasteiger partial charge in [-0.15, -0.1) is 0 Å². The zero-order chi connectivity index (χ0) is 21.3. The van der Waals surface area contributed by atoms with Crippen molar-refractivity contribution in [3.05, 3.63) is 37.1 Å². The number of nitrogens with zero attached hydrogens (tertiary/aromatic N) is 9. The molecule has 4 aromatic heterocycles. The molecule has 0 spiro atoms. The molecule has 0 amide bonds. The molecule has 0 aliphatic heterocycles. The van der Waals surface area contributed by atoms with Crippen LogP contribution in [0.3, 0.4) is 0 Å². The first kappa shape index (κ1) is 17.7. The fraction of sp³-hybridized carbons (Fsp3) is 0.333. The first-order valence-electron chi connectivity index (χ1n) is 10.0. The SMILES string of the molecule is Cn1cc(-c2cn3nccc3c(-c3cn([C@]45C[C@H](CC#N)C4C5C#N)nc3N)n2)cn1. The van der Waals surface area contributed by atoms with Crippen molar-refractivity contribution in [3.63, 3.8) is 0 Å². The number of nitriles is 2. The average Bonchev–Trinajstić information content (AvgIpc) is 3.27. The van der Waals surface area contributed by atoms with Crippen LogP contribution in [0.2, 0.25) is 0 Å². The number of aromatic nitrogens is 7. The van der Waals surface area contributed by atoms with E-state index in [1.165, 1.54) is 0 Å². The molecule has 2 aliphatic carbocycles. The number of hydrogen-bond acceptors (Lipinski definition) is 7. The van der Waals surface area contributed by atoms with Gasteiger partial charge in [-0.3, -0.25) is 9.36 Å². The van der Waals surface area contributed by atoms with E-state index in [4.69, 9.17) is 16.0 Å². The summed E-state index contributed by atoms with van der Waals surface area (Å²) in [7, 11) is 1.86. The Kier molecular flexibility index (Phi) is 3.37. The molecule has 0 saturated heterocycles. The highest BCUT2D eigenvalue weighted by atomic mass is 15.4. The monoisotopic (exact) mass is 410 g/mol. The number of hydrogen-bond donors (Lipinski definition) is 1. The highest BCUT2D eigenvalue weighted by Gasteiger charge is 2.77. The van der Waals surface area contributed by atoms with E-state index >= 15 is 0 Å². The van der Waals surface area contributed by atoms with Crippen LogP contribution in [0.25, 0.3) is 28.0 Å². The van der Waals surface area contributed by atoms with Gasteiger partial charge < -0.3 is 5.73 Å². The summed E-state index contributed by atoms with van der Waals surface area (Å²) in [6.45, 7) is 0. The van der Waals surface area contributed by atoms with Gasteiger partial charge in [-0.2, -0.15) is 25.8 Å². The van der Waals surface area contributed by atoms with E-state index in [1.807, 2.05) is 36.4 Å². The lowest BCUT2D eigenvalue weighted by atomic mass is 9.78. The van der Waals surface area contributed by atoms with Crippen molar-refractivity contribution >= 4 is 11.3 Å². The topological polar surface area (TPSA) is 139 Å². The Morgan fingerprint density at radius 1 is 1.26 bits per heavy atom. The first-order valence-corrected chi connectivity index (χ1v) is 10.0. The molecule has 2 aliphatic rings. The van der Waals surface area contributed by atoms with Crippen molar-refractivity contribution in [2.24, 2.45) is 24.8 Å². The molecule has 2 N–H and O–H groups in total. The van der Waals surface area contributed by atoms with E-state index in [-0.39, 0.29) is 23.3 Å². The van der Waals surface area contributed by atoms with Crippen LogP contribution in [0.1, 0.15) is 12.8 Å². The van der Waals surface area contributed by atoms with E-state index in [1.54, 1.807) is 21.6 Å². The van der Waals surface area contributed by atoms with Gasteiger partial charge in [0.25, 0.3) is 0 Å². The third-order valence-corrected chi connectivity index (χ3v) is 6.77. The number of nitrogens with two attached hydrogens (primary N) is 1. The number of anilines is 1. The normalized spacial score (nSPS) is 26.1. The van der Waals surface area contributed by atoms with E-state index < -0.39 is 0 Å². The van der Waals surface area contributed by atoms with Gasteiger partial charge in [0.15, 0.2) is 5.82 Å². The minimum Gasteiger partial charge on any atom is -0.382 e. The standard InChI is InChI=1S/C21H18N10/c1-29-9-13(8-26-29)16-11-30-17(3-5-25-30)19(27-16)14-10-31(28-20(14)24)21-6-12(2-4-22)18(21)15(21)7-23/h3,5,8-12,15,18H,2,6H2,1H3,(H2,24,28)/t12-,15?,18?,21-/m0/s1. The Bertz CT molecular complexity index is 1430. The van der Waals surface area contributed by atoms with Gasteiger partial charge in [-0.1, -0.05) is 0 Å². The van der Waals surface area contributed by atoms with Crippen molar-refractivity contribution in [2.45, 2.75) is 18.4 Å². The lowest BCUT2D eigenvalue weighted by Gasteiger charge is -2.32. The lowest BCUT2D eigenvalue weighted by Crippen LogP contribution is -2.35. The third-order valence-electron chi connectivity index (χ3n) is 6.77. The number of aryl methyl sites for hydroxylation is 1. The molecule has 152 valence electrons. The molecule has 6 rings (SSSR count). The first-order chi connectivity index (χ1) is 15.1. The van der Waals surface area contributed by atoms with E-state index in [2.05, 4.69) is 27.4 Å². The van der Waals surface area contributed by atoms with Gasteiger partial charge in [0, 0.05) is 37.3 Å². The maximum Gasteiger partial charge on any atom is 0.155 e. The zero-order valence-corrected chi connectivity index (χ0v) is 16.7. The second kappa shape index (κ2) is 5.92. The summed E-state index contributed by atoms with van der Waals surface area (Å²) in [5.74, 6) is 0.633. The zero-order valence-electron chi connectivity index (χ0n) is 16.7. The minimum atomic E-state index is -0.347. The highest BCUT2D eigenvalue weighted by Crippen LogP contribution is 2.73. The molecule has 2 unspecified atom stereocenters. The average molecular weight is 410 g/mol. The Balaban J connectivity index is 1.46. The summed E-state index contributed by atoms with van der Waals surface area (Å²) in [5, 5.41) is 31.9. The molecular weight excluding hydrogens is 392 g/mol. The van der Waals surface area contributed by atoms with Crippen molar-refractivity contribution < 1.29 is 0 Å². The Hall–Kier alpha value is -4.18. The summed E-state index contributed by atoms with van der Waals surface area (Å²) in [6.07, 6.45) is 10.4. The van der Waals surface area contributed by atoms with Crippen molar-refractivity contribution in [1.29, 1.82) is 10.5 Å². The molecule has 0 radical (unpaired) electrons. The van der Waals surface area contributed by atoms with Crippen molar-refractivity contribution in [1.82, 2.24) is 34.2 Å². The molecule has 10 nitrogen and oxygen atoms in total. The van der Waals surface area contributed by atoms with E-state index in [0.29, 0.717) is 23.5 Å². The predicted molar refractivity (Wildman–Crippen MR) is 110 cm³/mol. The second-order valence-electron chi connectivity index (χ2n) is 8.36. The van der Waals surface area contributed by atoms with Crippen molar-refractivity contribution in [2.75, 3.05) is 5.73 Å². The lowest BCUT2D eigenvalue weighted by molar-refractivity contribution is 0.171. The maximum absolute atomic E-state index is 9.63. The number of nitrogen functional groups attached to an aromatic ring is 1. The van der Waals surface area contributed by atoms with Crippen LogP contribution in [-0.4, -0.2) is 34.2 Å². The summed E-state index contributed by atoms with van der Waals surface area (Å²) < 4.78 is 5.33. The van der Waals surface area contributed by atoms with Crippen LogP contribution in [0.4, 0.5) is 5.82 Å². The van der Waals surface area contributed by atoms with Crippen LogP contribution >= 0.6 is 0 Å². The molecule has 4 aromatic rings. The van der Waals surface area contributed by atoms with Crippen LogP contribution < -0.4 is 5.73 Å². The molecular formula is C21H18N10. The fourth-order valence-corrected chi connectivity index (χ4v) is 5.28. The second-order valence-corrected chi connectivity index (χ2v) is 8.36. The van der Waals surface area contributed by atoms with Crippen LogP contribution in [0, 0.1) is 40.4 Å². The molecule has 0 aromatic carbocycles. The van der Waals surface area contributed by atoms with Gasteiger partial charge in [0.05, 0.1) is 59.0 Å². The Morgan fingerprint density at radius 3 is 2.87 bits per heavy atom. The molecule has 2 fully saturated rings. The Morgan fingerprint density at radius 2 is 2.13 bits per heavy atom. The summed E-state index contributed by atoms with van der Waals surface area (Å²) >= 11 is 0. The number of fused-ring (bicyclic) bond motifs is 2. The minimum absolute atomic E-state index is 0.136. The molecule has 10 heteroatoms. The maximum atomic E-state index is 9.63. The summed E-state index contributed by atoms with van der Waals surface area (Å²) in [6, 6.07) is 6.52. The molecule has 2 saturated carbocycles.